The summed E-state index contributed by atoms with van der Waals surface area (Å²) in [5, 5.41) is 13.8. The first-order chi connectivity index (χ1) is 8.73. The summed E-state index contributed by atoms with van der Waals surface area (Å²) < 4.78 is 0. The molecule has 1 aliphatic carbocycles. The minimum absolute atomic E-state index is 0.543. The fraction of sp³-hybridized carbons (Fsp3) is 0.929. The number of nitrogens with zero attached hydrogens (tertiary/aromatic N) is 2. The van der Waals surface area contributed by atoms with Crippen LogP contribution in [0.5, 0.6) is 0 Å². The topological polar surface area (TPSA) is 47.9 Å². The van der Waals surface area contributed by atoms with Crippen LogP contribution in [0.3, 0.4) is 0 Å². The average Bonchev–Trinajstić information content (AvgIpc) is 2.89. The zero-order chi connectivity index (χ0) is 12.8. The number of aliphatic hydroxyl groups is 1. The third-order valence-corrected chi connectivity index (χ3v) is 4.05. The van der Waals surface area contributed by atoms with E-state index in [1.807, 2.05) is 0 Å². The van der Waals surface area contributed by atoms with E-state index in [0.717, 1.165) is 51.3 Å². The molecule has 1 saturated heterocycles. The van der Waals surface area contributed by atoms with E-state index in [1.54, 1.807) is 0 Å². The second-order valence-electron chi connectivity index (χ2n) is 5.65. The van der Waals surface area contributed by atoms with Gasteiger partial charge in [-0.2, -0.15) is 0 Å². The van der Waals surface area contributed by atoms with Gasteiger partial charge in [-0.1, -0.05) is 19.3 Å². The molecule has 0 radical (unpaired) electrons. The third-order valence-electron chi connectivity index (χ3n) is 4.05. The summed E-state index contributed by atoms with van der Waals surface area (Å²) in [6.07, 6.45) is 7.89. The SMILES string of the molecule is CCNC(=NCC1(O)CCCCC1)N1CCCC1. The highest BCUT2D eigenvalue weighted by Gasteiger charge is 2.29. The minimum Gasteiger partial charge on any atom is -0.388 e. The number of aliphatic imine (C=N–C) groups is 1. The van der Waals surface area contributed by atoms with Crippen LogP contribution in [-0.4, -0.2) is 47.7 Å². The monoisotopic (exact) mass is 253 g/mol. The number of hydrogen-bond donors (Lipinski definition) is 2. The van der Waals surface area contributed by atoms with Crippen LogP contribution in [0.2, 0.25) is 0 Å². The molecule has 0 atom stereocenters. The summed E-state index contributed by atoms with van der Waals surface area (Å²) in [7, 11) is 0. The Bertz CT molecular complexity index is 279. The highest BCUT2D eigenvalue weighted by molar-refractivity contribution is 5.80. The van der Waals surface area contributed by atoms with Crippen molar-refractivity contribution >= 4 is 5.96 Å². The number of hydrogen-bond acceptors (Lipinski definition) is 2. The summed E-state index contributed by atoms with van der Waals surface area (Å²) >= 11 is 0. The molecule has 0 aromatic heterocycles. The second kappa shape index (κ2) is 6.41. The molecule has 0 amide bonds. The Balaban J connectivity index is 1.94. The number of rotatable bonds is 3. The van der Waals surface area contributed by atoms with Gasteiger partial charge in [0.1, 0.15) is 0 Å². The fourth-order valence-corrected chi connectivity index (χ4v) is 2.94. The van der Waals surface area contributed by atoms with Gasteiger partial charge in [0.25, 0.3) is 0 Å². The van der Waals surface area contributed by atoms with Gasteiger partial charge >= 0.3 is 0 Å². The molecular weight excluding hydrogens is 226 g/mol. The average molecular weight is 253 g/mol. The van der Waals surface area contributed by atoms with Gasteiger partial charge in [0, 0.05) is 19.6 Å². The van der Waals surface area contributed by atoms with Gasteiger partial charge in [-0.15, -0.1) is 0 Å². The second-order valence-corrected chi connectivity index (χ2v) is 5.65. The third kappa shape index (κ3) is 3.61. The lowest BCUT2D eigenvalue weighted by Gasteiger charge is -2.31. The molecule has 0 spiro atoms. The maximum atomic E-state index is 10.5. The first-order valence-electron chi connectivity index (χ1n) is 7.49. The lowest BCUT2D eigenvalue weighted by molar-refractivity contribution is 0.0130. The van der Waals surface area contributed by atoms with E-state index in [4.69, 9.17) is 0 Å². The van der Waals surface area contributed by atoms with Gasteiger partial charge in [-0.25, -0.2) is 0 Å². The molecule has 4 heteroatoms. The molecule has 0 aromatic carbocycles. The summed E-state index contributed by atoms with van der Waals surface area (Å²) in [6.45, 7) is 5.76. The molecule has 18 heavy (non-hydrogen) atoms. The highest BCUT2D eigenvalue weighted by atomic mass is 16.3. The van der Waals surface area contributed by atoms with Gasteiger partial charge < -0.3 is 15.3 Å². The molecular formula is C14H27N3O. The van der Waals surface area contributed by atoms with Crippen molar-refractivity contribution in [1.29, 1.82) is 0 Å². The molecule has 0 bridgehead atoms. The Kier molecular flexibility index (Phi) is 4.87. The largest absolute Gasteiger partial charge is 0.388 e. The number of guanidine groups is 1. The van der Waals surface area contributed by atoms with Crippen LogP contribution < -0.4 is 5.32 Å². The van der Waals surface area contributed by atoms with E-state index in [9.17, 15) is 5.11 Å². The minimum atomic E-state index is -0.543. The first-order valence-corrected chi connectivity index (χ1v) is 7.49. The molecule has 2 fully saturated rings. The van der Waals surface area contributed by atoms with E-state index < -0.39 is 5.60 Å². The van der Waals surface area contributed by atoms with E-state index >= 15 is 0 Å². The smallest absolute Gasteiger partial charge is 0.194 e. The predicted octanol–water partition coefficient (Wildman–Crippen LogP) is 1.74. The van der Waals surface area contributed by atoms with Crippen molar-refractivity contribution in [3.8, 4) is 0 Å². The zero-order valence-corrected chi connectivity index (χ0v) is 11.6. The molecule has 1 heterocycles. The van der Waals surface area contributed by atoms with Crippen molar-refractivity contribution in [1.82, 2.24) is 10.2 Å². The van der Waals surface area contributed by atoms with Gasteiger partial charge in [-0.3, -0.25) is 4.99 Å². The van der Waals surface area contributed by atoms with Gasteiger partial charge in [0.2, 0.25) is 0 Å². The van der Waals surface area contributed by atoms with Crippen molar-refractivity contribution in [3.05, 3.63) is 0 Å². The predicted molar refractivity (Wildman–Crippen MR) is 74.8 cm³/mol. The van der Waals surface area contributed by atoms with Crippen LogP contribution in [0.15, 0.2) is 4.99 Å². The van der Waals surface area contributed by atoms with Crippen LogP contribution in [0.1, 0.15) is 51.9 Å². The Morgan fingerprint density at radius 2 is 1.83 bits per heavy atom. The number of nitrogens with one attached hydrogen (secondary N) is 1. The molecule has 1 saturated carbocycles. The molecule has 4 nitrogen and oxygen atoms in total. The summed E-state index contributed by atoms with van der Waals surface area (Å²) in [6, 6.07) is 0. The van der Waals surface area contributed by atoms with Crippen LogP contribution in [0.4, 0.5) is 0 Å². The summed E-state index contributed by atoms with van der Waals surface area (Å²) in [5.41, 5.74) is -0.543. The normalized spacial score (nSPS) is 24.3. The van der Waals surface area contributed by atoms with E-state index in [0.29, 0.717) is 6.54 Å². The number of likely N-dealkylation sites (tertiary alicyclic amines) is 1. The standard InChI is InChI=1S/C14H27N3O/c1-2-15-13(17-10-6-7-11-17)16-12-14(18)8-4-3-5-9-14/h18H,2-12H2,1H3,(H,15,16). The van der Waals surface area contributed by atoms with Crippen LogP contribution in [-0.2, 0) is 0 Å². The molecule has 2 rings (SSSR count). The zero-order valence-electron chi connectivity index (χ0n) is 11.6. The van der Waals surface area contributed by atoms with E-state index in [-0.39, 0.29) is 0 Å². The quantitative estimate of drug-likeness (QED) is 0.595. The maximum Gasteiger partial charge on any atom is 0.194 e. The molecule has 0 unspecified atom stereocenters. The van der Waals surface area contributed by atoms with Gasteiger partial charge in [-0.05, 0) is 32.6 Å². The van der Waals surface area contributed by atoms with Gasteiger partial charge in [0.15, 0.2) is 5.96 Å². The molecule has 1 aliphatic heterocycles. The van der Waals surface area contributed by atoms with Crippen molar-refractivity contribution in [2.75, 3.05) is 26.2 Å². The summed E-state index contributed by atoms with van der Waals surface area (Å²) in [4.78, 5) is 6.99. The van der Waals surface area contributed by atoms with Crippen molar-refractivity contribution in [3.63, 3.8) is 0 Å². The molecule has 104 valence electrons. The maximum absolute atomic E-state index is 10.5. The van der Waals surface area contributed by atoms with Crippen molar-refractivity contribution in [2.45, 2.75) is 57.5 Å². The van der Waals surface area contributed by atoms with Crippen LogP contribution in [0.25, 0.3) is 0 Å². The first kappa shape index (κ1) is 13.7. The Morgan fingerprint density at radius 1 is 1.17 bits per heavy atom. The lowest BCUT2D eigenvalue weighted by Crippen LogP contribution is -2.42. The summed E-state index contributed by atoms with van der Waals surface area (Å²) in [5.74, 6) is 0.994. The Morgan fingerprint density at radius 3 is 2.44 bits per heavy atom. The molecule has 2 aliphatic rings. The highest BCUT2D eigenvalue weighted by Crippen LogP contribution is 2.28. The fourth-order valence-electron chi connectivity index (χ4n) is 2.94. The van der Waals surface area contributed by atoms with Gasteiger partial charge in [0.05, 0.1) is 12.1 Å². The molecule has 0 aromatic rings. The van der Waals surface area contributed by atoms with Crippen molar-refractivity contribution < 1.29 is 5.11 Å². The lowest BCUT2D eigenvalue weighted by atomic mass is 9.85. The van der Waals surface area contributed by atoms with Crippen LogP contribution in [0, 0.1) is 0 Å². The Labute approximate surface area is 110 Å². The van der Waals surface area contributed by atoms with Crippen molar-refractivity contribution in [2.24, 2.45) is 4.99 Å². The van der Waals surface area contributed by atoms with E-state index in [1.165, 1.54) is 19.3 Å². The Hall–Kier alpha value is -0.770. The van der Waals surface area contributed by atoms with Crippen LogP contribution >= 0.6 is 0 Å². The van der Waals surface area contributed by atoms with E-state index in [2.05, 4.69) is 22.1 Å². The molecule has 2 N–H and O–H groups in total.